The Labute approximate surface area is 145 Å². The molecule has 0 N–H and O–H groups in total. The van der Waals surface area contributed by atoms with E-state index >= 15 is 0 Å². The highest BCUT2D eigenvalue weighted by atomic mass is 28.3. The van der Waals surface area contributed by atoms with Crippen LogP contribution in [0.25, 0.3) is 0 Å². The van der Waals surface area contributed by atoms with E-state index in [4.69, 9.17) is 8.85 Å². The minimum Gasteiger partial charge on any atom is -0.397 e. The van der Waals surface area contributed by atoms with Gasteiger partial charge in [0, 0.05) is 19.3 Å². The molecule has 2 nitrogen and oxygen atoms in total. The largest absolute Gasteiger partial charge is 0.397 e. The van der Waals surface area contributed by atoms with Crippen LogP contribution < -0.4 is 0 Å². The summed E-state index contributed by atoms with van der Waals surface area (Å²) in [6.45, 7) is 5.69. The number of hydrogen-bond donors (Lipinski definition) is 0. The van der Waals surface area contributed by atoms with E-state index in [0.717, 1.165) is 63.8 Å². The second-order valence-corrected chi connectivity index (χ2v) is 8.08. The van der Waals surface area contributed by atoms with Crippen LogP contribution in [-0.2, 0) is 15.3 Å². The molecule has 0 fully saturated rings. The van der Waals surface area contributed by atoms with Crippen molar-refractivity contribution < 1.29 is 22.0 Å². The molecule has 6 heteroatoms. The van der Waals surface area contributed by atoms with Crippen LogP contribution in [0.5, 0.6) is 0 Å². The van der Waals surface area contributed by atoms with Crippen LogP contribution in [0.15, 0.2) is 12.1 Å². The first-order valence-corrected chi connectivity index (χ1v) is 10.7. The van der Waals surface area contributed by atoms with Crippen molar-refractivity contribution in [3.05, 3.63) is 35.1 Å². The Morgan fingerprint density at radius 2 is 1.38 bits per heavy atom. The van der Waals surface area contributed by atoms with Crippen LogP contribution >= 0.6 is 0 Å². The predicted octanol–water partition coefficient (Wildman–Crippen LogP) is 5.28. The van der Waals surface area contributed by atoms with Crippen molar-refractivity contribution in [1.82, 2.24) is 0 Å². The average molecular weight is 363 g/mol. The molecule has 0 aliphatic heterocycles. The first-order chi connectivity index (χ1) is 11.6. The maximum absolute atomic E-state index is 13.5. The maximum atomic E-state index is 13.5. The third-order valence-corrected chi connectivity index (χ3v) is 5.84. The molecule has 0 aromatic heterocycles. The fraction of sp³-hybridized carbons (Fsp3) is 0.667. The van der Waals surface area contributed by atoms with Gasteiger partial charge in [-0.15, -0.1) is 0 Å². The van der Waals surface area contributed by atoms with Gasteiger partial charge >= 0.3 is 9.28 Å². The van der Waals surface area contributed by atoms with Crippen molar-refractivity contribution in [2.45, 2.75) is 64.8 Å². The summed E-state index contributed by atoms with van der Waals surface area (Å²) < 4.78 is 51.1. The van der Waals surface area contributed by atoms with Gasteiger partial charge in [0.05, 0.1) is 0 Å². The second kappa shape index (κ2) is 12.5. The van der Waals surface area contributed by atoms with E-state index in [9.17, 15) is 13.2 Å². The van der Waals surface area contributed by atoms with Crippen molar-refractivity contribution in [2.24, 2.45) is 0 Å². The first kappa shape index (κ1) is 21.2. The van der Waals surface area contributed by atoms with Gasteiger partial charge < -0.3 is 8.85 Å². The lowest BCUT2D eigenvalue weighted by molar-refractivity contribution is 0.195. The molecule has 0 radical (unpaired) electrons. The standard InChI is InChI=1S/C18H29F3O2Si/c1-3-10-22-24(23-11-4-2)12-8-6-5-7-9-15-13-17(20)18(21)14-16(15)19/h13-14,24H,3-12H2,1-2H3. The summed E-state index contributed by atoms with van der Waals surface area (Å²) in [7, 11) is -1.55. The van der Waals surface area contributed by atoms with Gasteiger partial charge in [0.1, 0.15) is 5.82 Å². The van der Waals surface area contributed by atoms with Gasteiger partial charge in [-0.05, 0) is 43.4 Å². The third-order valence-electron chi connectivity index (χ3n) is 3.74. The molecule has 1 rings (SSSR count). The van der Waals surface area contributed by atoms with Gasteiger partial charge in [-0.3, -0.25) is 0 Å². The number of benzene rings is 1. The van der Waals surface area contributed by atoms with E-state index < -0.39 is 26.7 Å². The molecule has 0 saturated heterocycles. The zero-order valence-corrected chi connectivity index (χ0v) is 15.9. The van der Waals surface area contributed by atoms with Gasteiger partial charge in [-0.1, -0.05) is 33.1 Å². The molecule has 1 aromatic carbocycles. The molecule has 138 valence electrons. The molecule has 24 heavy (non-hydrogen) atoms. The Hall–Kier alpha value is -0.853. The monoisotopic (exact) mass is 362 g/mol. The molecular formula is C18H29F3O2Si. The van der Waals surface area contributed by atoms with Crippen molar-refractivity contribution in [2.75, 3.05) is 13.2 Å². The van der Waals surface area contributed by atoms with Crippen molar-refractivity contribution in [1.29, 1.82) is 0 Å². The van der Waals surface area contributed by atoms with Crippen LogP contribution in [-0.4, -0.2) is 22.5 Å². The Bertz CT molecular complexity index is 464. The zero-order valence-electron chi connectivity index (χ0n) is 14.8. The van der Waals surface area contributed by atoms with Crippen LogP contribution in [0.1, 0.15) is 57.9 Å². The van der Waals surface area contributed by atoms with Crippen LogP contribution in [0.2, 0.25) is 6.04 Å². The van der Waals surface area contributed by atoms with Crippen LogP contribution in [0.3, 0.4) is 0 Å². The number of halogens is 3. The van der Waals surface area contributed by atoms with Gasteiger partial charge in [-0.2, -0.15) is 0 Å². The molecule has 0 spiro atoms. The molecule has 0 saturated carbocycles. The summed E-state index contributed by atoms with van der Waals surface area (Å²) in [5.41, 5.74) is 0.249. The van der Waals surface area contributed by atoms with Gasteiger partial charge in [0.25, 0.3) is 0 Å². The molecule has 0 atom stereocenters. The normalized spacial score (nSPS) is 11.4. The van der Waals surface area contributed by atoms with Crippen LogP contribution in [0.4, 0.5) is 13.2 Å². The van der Waals surface area contributed by atoms with Crippen LogP contribution in [0, 0.1) is 17.5 Å². The third kappa shape index (κ3) is 8.31. The minimum absolute atomic E-state index is 0.249. The van der Waals surface area contributed by atoms with E-state index in [0.29, 0.717) is 12.5 Å². The molecule has 0 aliphatic rings. The van der Waals surface area contributed by atoms with Gasteiger partial charge in [0.2, 0.25) is 0 Å². The molecule has 0 amide bonds. The zero-order chi connectivity index (χ0) is 17.8. The van der Waals surface area contributed by atoms with E-state index in [-0.39, 0.29) is 5.56 Å². The summed E-state index contributed by atoms with van der Waals surface area (Å²) in [4.78, 5) is 0. The van der Waals surface area contributed by atoms with E-state index in [1.54, 1.807) is 0 Å². The number of hydrogen-bond acceptors (Lipinski definition) is 2. The Balaban J connectivity index is 2.21. The number of rotatable bonds is 13. The molecular weight excluding hydrogens is 333 g/mol. The van der Waals surface area contributed by atoms with Crippen molar-refractivity contribution in [3.63, 3.8) is 0 Å². The second-order valence-electron chi connectivity index (χ2n) is 5.98. The fourth-order valence-electron chi connectivity index (χ4n) is 2.45. The average Bonchev–Trinajstić information content (AvgIpc) is 2.56. The lowest BCUT2D eigenvalue weighted by Gasteiger charge is -2.16. The summed E-state index contributed by atoms with van der Waals surface area (Å²) in [5, 5.41) is 0. The topological polar surface area (TPSA) is 18.5 Å². The molecule has 1 aromatic rings. The Morgan fingerprint density at radius 1 is 0.792 bits per heavy atom. The van der Waals surface area contributed by atoms with Gasteiger partial charge in [-0.25, -0.2) is 13.2 Å². The molecule has 0 heterocycles. The van der Waals surface area contributed by atoms with Gasteiger partial charge in [0.15, 0.2) is 11.6 Å². The number of unbranched alkanes of at least 4 members (excludes halogenated alkanes) is 3. The molecule has 0 unspecified atom stereocenters. The highest BCUT2D eigenvalue weighted by molar-refractivity contribution is 6.44. The highest BCUT2D eigenvalue weighted by Gasteiger charge is 2.13. The Morgan fingerprint density at radius 3 is 2.00 bits per heavy atom. The lowest BCUT2D eigenvalue weighted by Crippen LogP contribution is -2.23. The Kier molecular flexibility index (Phi) is 11.0. The maximum Gasteiger partial charge on any atom is 0.321 e. The fourth-order valence-corrected chi connectivity index (χ4v) is 4.50. The summed E-state index contributed by atoms with van der Waals surface area (Å²) >= 11 is 0. The first-order valence-electron chi connectivity index (χ1n) is 8.95. The minimum atomic E-state index is -1.55. The number of aryl methyl sites for hydroxylation is 1. The summed E-state index contributed by atoms with van der Waals surface area (Å²) in [6.07, 6.45) is 6.17. The molecule has 0 aliphatic carbocycles. The summed E-state index contributed by atoms with van der Waals surface area (Å²) in [6, 6.07) is 2.57. The van der Waals surface area contributed by atoms with E-state index in [1.807, 2.05) is 0 Å². The highest BCUT2D eigenvalue weighted by Crippen LogP contribution is 2.17. The quantitative estimate of drug-likeness (QED) is 0.270. The molecule has 0 bridgehead atoms. The van der Waals surface area contributed by atoms with Crippen molar-refractivity contribution in [3.8, 4) is 0 Å². The lowest BCUT2D eigenvalue weighted by atomic mass is 10.1. The van der Waals surface area contributed by atoms with Crippen molar-refractivity contribution >= 4 is 9.28 Å². The summed E-state index contributed by atoms with van der Waals surface area (Å²) in [5.74, 6) is -2.78. The predicted molar refractivity (Wildman–Crippen MR) is 92.9 cm³/mol. The van der Waals surface area contributed by atoms with E-state index in [1.165, 1.54) is 0 Å². The van der Waals surface area contributed by atoms with E-state index in [2.05, 4.69) is 13.8 Å². The smallest absolute Gasteiger partial charge is 0.321 e. The SMILES string of the molecule is CCCO[SiH](CCCCCCc1cc(F)c(F)cc1F)OCCC.